The van der Waals surface area contributed by atoms with Gasteiger partial charge in [-0.25, -0.2) is 8.42 Å². The van der Waals surface area contributed by atoms with Crippen molar-refractivity contribution < 1.29 is 22.7 Å². The van der Waals surface area contributed by atoms with Gasteiger partial charge in [0.2, 0.25) is 0 Å². The molecular weight excluding hydrogens is 498 g/mol. The second-order valence-electron chi connectivity index (χ2n) is 10.6. The van der Waals surface area contributed by atoms with Crippen LogP contribution in [0, 0.1) is 12.3 Å². The van der Waals surface area contributed by atoms with Crippen molar-refractivity contribution >= 4 is 21.7 Å². The molecule has 1 fully saturated rings. The van der Waals surface area contributed by atoms with Gasteiger partial charge in [0.25, 0.3) is 0 Å². The minimum absolute atomic E-state index is 0.0414. The molecule has 38 heavy (non-hydrogen) atoms. The van der Waals surface area contributed by atoms with E-state index in [0.29, 0.717) is 30.2 Å². The fourth-order valence-electron chi connectivity index (χ4n) is 5.01. The van der Waals surface area contributed by atoms with Crippen LogP contribution in [0.3, 0.4) is 0 Å². The number of Topliss-reactive ketones (excluding diaryl/α,β-unsaturated/α-hetero) is 1. The van der Waals surface area contributed by atoms with Crippen molar-refractivity contribution in [3.63, 3.8) is 0 Å². The summed E-state index contributed by atoms with van der Waals surface area (Å²) in [6.07, 6.45) is 3.06. The lowest BCUT2D eigenvalue weighted by Crippen LogP contribution is -2.49. The largest absolute Gasteiger partial charge is 0.497 e. The molecule has 0 saturated carbocycles. The van der Waals surface area contributed by atoms with E-state index in [-0.39, 0.29) is 10.7 Å². The quantitative estimate of drug-likeness (QED) is 0.366. The van der Waals surface area contributed by atoms with Crippen molar-refractivity contribution in [3.05, 3.63) is 94.6 Å². The number of rotatable bonds is 7. The van der Waals surface area contributed by atoms with E-state index in [1.807, 2.05) is 38.1 Å². The van der Waals surface area contributed by atoms with E-state index in [4.69, 9.17) is 9.47 Å². The van der Waals surface area contributed by atoms with Gasteiger partial charge in [-0.15, -0.1) is 0 Å². The number of sulfone groups is 1. The molecule has 3 aromatic carbocycles. The SMILES string of the molecule is COc1ccc(OC)c(C2/C(=C\c3ccc(S(C)(=O)=O)cc3)C(=O)C(C)(C)CN2Cc2ccc(C)cc2)c1. The normalized spacial score (nSPS) is 18.9. The molecule has 0 N–H and O–H groups in total. The number of benzene rings is 3. The zero-order valence-electron chi connectivity index (χ0n) is 22.8. The van der Waals surface area contributed by atoms with E-state index >= 15 is 0 Å². The first-order valence-corrected chi connectivity index (χ1v) is 14.4. The average Bonchev–Trinajstić information content (AvgIpc) is 2.88. The van der Waals surface area contributed by atoms with Gasteiger partial charge in [0.1, 0.15) is 11.5 Å². The van der Waals surface area contributed by atoms with Gasteiger partial charge in [-0.05, 0) is 54.5 Å². The Morgan fingerprint density at radius 2 is 1.63 bits per heavy atom. The molecule has 0 aromatic heterocycles. The van der Waals surface area contributed by atoms with Crippen LogP contribution in [0.25, 0.3) is 6.08 Å². The highest BCUT2D eigenvalue weighted by molar-refractivity contribution is 7.90. The van der Waals surface area contributed by atoms with E-state index in [9.17, 15) is 13.2 Å². The number of hydrogen-bond acceptors (Lipinski definition) is 6. The third kappa shape index (κ3) is 5.84. The van der Waals surface area contributed by atoms with Crippen molar-refractivity contribution in [1.82, 2.24) is 4.90 Å². The lowest BCUT2D eigenvalue weighted by molar-refractivity contribution is -0.128. The summed E-state index contributed by atoms with van der Waals surface area (Å²) in [7, 11) is -0.0868. The maximum absolute atomic E-state index is 14.0. The lowest BCUT2D eigenvalue weighted by Gasteiger charge is -2.45. The summed E-state index contributed by atoms with van der Waals surface area (Å²) in [5.74, 6) is 1.38. The van der Waals surface area contributed by atoms with Crippen molar-refractivity contribution in [1.29, 1.82) is 0 Å². The standard InChI is InChI=1S/C31H35NO5S/c1-21-7-9-23(10-8-21)19-32-20-31(2,3)30(33)27(17-22-11-14-25(15-12-22)38(6,34)35)29(32)26-18-24(36-4)13-16-28(26)37-5/h7-18,29H,19-20H2,1-6H3/b27-17+. The molecule has 1 heterocycles. The monoisotopic (exact) mass is 533 g/mol. The first kappa shape index (κ1) is 27.6. The number of carbonyl (C=O) groups excluding carboxylic acids is 1. The molecule has 6 nitrogen and oxygen atoms in total. The molecule has 1 atom stereocenters. The lowest BCUT2D eigenvalue weighted by atomic mass is 9.74. The number of aryl methyl sites for hydroxylation is 1. The fourth-order valence-corrected chi connectivity index (χ4v) is 5.64. The smallest absolute Gasteiger partial charge is 0.175 e. The Hall–Kier alpha value is -3.42. The molecule has 4 rings (SSSR count). The number of ketones is 1. The number of carbonyl (C=O) groups is 1. The Kier molecular flexibility index (Phi) is 7.81. The highest BCUT2D eigenvalue weighted by Gasteiger charge is 2.44. The molecule has 3 aromatic rings. The van der Waals surface area contributed by atoms with E-state index in [2.05, 4.69) is 36.1 Å². The van der Waals surface area contributed by atoms with Crippen LogP contribution in [0.4, 0.5) is 0 Å². The molecule has 7 heteroatoms. The Labute approximate surface area is 225 Å². The predicted octanol–water partition coefficient (Wildman–Crippen LogP) is 5.65. The Morgan fingerprint density at radius 3 is 2.21 bits per heavy atom. The van der Waals surface area contributed by atoms with Crippen molar-refractivity contribution in [2.75, 3.05) is 27.0 Å². The second-order valence-corrected chi connectivity index (χ2v) is 12.6. The van der Waals surface area contributed by atoms with Crippen molar-refractivity contribution in [2.24, 2.45) is 5.41 Å². The summed E-state index contributed by atoms with van der Waals surface area (Å²) in [5.41, 5.74) is 3.90. The number of hydrogen-bond donors (Lipinski definition) is 0. The van der Waals surface area contributed by atoms with Crippen molar-refractivity contribution in [2.45, 2.75) is 38.3 Å². The van der Waals surface area contributed by atoms with E-state index in [1.165, 1.54) is 11.8 Å². The van der Waals surface area contributed by atoms with Crippen LogP contribution >= 0.6 is 0 Å². The van der Waals surface area contributed by atoms with E-state index in [1.54, 1.807) is 38.5 Å². The van der Waals surface area contributed by atoms with Gasteiger partial charge in [0.05, 0.1) is 25.2 Å². The van der Waals surface area contributed by atoms with Gasteiger partial charge in [-0.2, -0.15) is 0 Å². The van der Waals surface area contributed by atoms with Crippen LogP contribution in [0.5, 0.6) is 11.5 Å². The molecule has 1 aliphatic heterocycles. The number of piperidine rings is 1. The highest BCUT2D eigenvalue weighted by atomic mass is 32.2. The van der Waals surface area contributed by atoms with Crippen LogP contribution in [-0.2, 0) is 21.2 Å². The third-order valence-electron chi connectivity index (χ3n) is 7.00. The topological polar surface area (TPSA) is 72.9 Å². The van der Waals surface area contributed by atoms with Crippen LogP contribution in [-0.4, -0.2) is 46.1 Å². The summed E-state index contributed by atoms with van der Waals surface area (Å²) in [5, 5.41) is 0. The molecule has 0 aliphatic carbocycles. The van der Waals surface area contributed by atoms with Crippen molar-refractivity contribution in [3.8, 4) is 11.5 Å². The van der Waals surface area contributed by atoms with E-state index < -0.39 is 21.3 Å². The summed E-state index contributed by atoms with van der Waals surface area (Å²) in [6.45, 7) is 7.18. The minimum Gasteiger partial charge on any atom is -0.497 e. The maximum atomic E-state index is 14.0. The molecule has 1 saturated heterocycles. The van der Waals surface area contributed by atoms with Crippen LogP contribution in [0.2, 0.25) is 0 Å². The molecule has 0 spiro atoms. The Morgan fingerprint density at radius 1 is 0.974 bits per heavy atom. The number of methoxy groups -OCH3 is 2. The Balaban J connectivity index is 1.91. The van der Waals surface area contributed by atoms with Crippen LogP contribution in [0.15, 0.2) is 77.2 Å². The average molecular weight is 534 g/mol. The molecule has 1 unspecified atom stereocenters. The highest BCUT2D eigenvalue weighted by Crippen LogP contribution is 2.45. The molecule has 0 bridgehead atoms. The third-order valence-corrected chi connectivity index (χ3v) is 8.13. The van der Waals surface area contributed by atoms with Crippen LogP contribution in [0.1, 0.15) is 42.1 Å². The van der Waals surface area contributed by atoms with Crippen LogP contribution < -0.4 is 9.47 Å². The number of ether oxygens (including phenoxy) is 2. The molecule has 1 aliphatic rings. The maximum Gasteiger partial charge on any atom is 0.175 e. The van der Waals surface area contributed by atoms with E-state index in [0.717, 1.165) is 16.7 Å². The van der Waals surface area contributed by atoms with Gasteiger partial charge >= 0.3 is 0 Å². The fraction of sp³-hybridized carbons (Fsp3) is 0.323. The number of likely N-dealkylation sites (tertiary alicyclic amines) is 1. The van der Waals surface area contributed by atoms with Gasteiger partial charge in [0.15, 0.2) is 15.6 Å². The van der Waals surface area contributed by atoms with Gasteiger partial charge in [-0.3, -0.25) is 9.69 Å². The summed E-state index contributed by atoms with van der Waals surface area (Å²) in [6, 6.07) is 20.3. The van der Waals surface area contributed by atoms with Gasteiger partial charge in [-0.1, -0.05) is 55.8 Å². The first-order chi connectivity index (χ1) is 17.9. The zero-order chi connectivity index (χ0) is 27.7. The summed E-state index contributed by atoms with van der Waals surface area (Å²) < 4.78 is 35.3. The molecular formula is C31H35NO5S. The minimum atomic E-state index is -3.33. The Bertz CT molecular complexity index is 1460. The summed E-state index contributed by atoms with van der Waals surface area (Å²) >= 11 is 0. The predicted molar refractivity (Wildman–Crippen MR) is 150 cm³/mol. The number of nitrogens with zero attached hydrogens (tertiary/aromatic N) is 1. The second kappa shape index (κ2) is 10.8. The summed E-state index contributed by atoms with van der Waals surface area (Å²) in [4.78, 5) is 16.5. The molecule has 0 radical (unpaired) electrons. The first-order valence-electron chi connectivity index (χ1n) is 12.5. The molecule has 200 valence electrons. The van der Waals surface area contributed by atoms with Gasteiger partial charge < -0.3 is 9.47 Å². The molecule has 0 amide bonds. The van der Waals surface area contributed by atoms with Gasteiger partial charge in [0, 0.05) is 35.9 Å². The zero-order valence-corrected chi connectivity index (χ0v) is 23.6.